The number of rotatable bonds is 8. The van der Waals surface area contributed by atoms with Gasteiger partial charge < -0.3 is 0 Å². The number of nitrogens with zero attached hydrogens (tertiary/aromatic N) is 2. The molecule has 2 heteroatoms. The Morgan fingerprint density at radius 3 is 2.06 bits per heavy atom. The van der Waals surface area contributed by atoms with Gasteiger partial charge in [0.1, 0.15) is 0 Å². The van der Waals surface area contributed by atoms with Gasteiger partial charge >= 0.3 is 0 Å². The zero-order valence-electron chi connectivity index (χ0n) is 10.4. The largest absolute Gasteiger partial charge is 0.258 e. The highest BCUT2D eigenvalue weighted by Gasteiger charge is 1.98. The standard InChI is InChI=1S/C14H23N2/c1-3-5-7-8-10-14-12-15-13(11-16-14)9-6-4-2/h11-12H,1,3-10H2,2H3. The Morgan fingerprint density at radius 2 is 1.56 bits per heavy atom. The van der Waals surface area contributed by atoms with Crippen molar-refractivity contribution in [2.24, 2.45) is 0 Å². The van der Waals surface area contributed by atoms with Crippen molar-refractivity contribution < 1.29 is 0 Å². The molecule has 1 aromatic rings. The minimum atomic E-state index is 1.04. The third kappa shape index (κ3) is 5.24. The van der Waals surface area contributed by atoms with Gasteiger partial charge in [-0.15, -0.1) is 0 Å². The molecule has 1 heterocycles. The topological polar surface area (TPSA) is 25.8 Å². The Balaban J connectivity index is 2.27. The quantitative estimate of drug-likeness (QED) is 0.622. The van der Waals surface area contributed by atoms with Crippen LogP contribution >= 0.6 is 0 Å². The Hall–Kier alpha value is -0.920. The zero-order valence-corrected chi connectivity index (χ0v) is 10.4. The third-order valence-electron chi connectivity index (χ3n) is 2.73. The van der Waals surface area contributed by atoms with Gasteiger partial charge in [-0.1, -0.05) is 39.5 Å². The van der Waals surface area contributed by atoms with Gasteiger partial charge in [0.2, 0.25) is 0 Å². The molecule has 0 saturated heterocycles. The van der Waals surface area contributed by atoms with Crippen LogP contribution in [0.25, 0.3) is 0 Å². The number of aromatic nitrogens is 2. The Kier molecular flexibility index (Phi) is 6.78. The third-order valence-corrected chi connectivity index (χ3v) is 2.73. The number of unbranched alkanes of at least 4 members (excludes halogenated alkanes) is 4. The summed E-state index contributed by atoms with van der Waals surface area (Å²) in [6, 6.07) is 0. The molecule has 89 valence electrons. The number of hydrogen-bond donors (Lipinski definition) is 0. The van der Waals surface area contributed by atoms with Crippen LogP contribution in [-0.2, 0) is 12.8 Å². The molecule has 0 bridgehead atoms. The molecular weight excluding hydrogens is 196 g/mol. The number of aryl methyl sites for hydroxylation is 2. The van der Waals surface area contributed by atoms with E-state index >= 15 is 0 Å². The smallest absolute Gasteiger partial charge is 0.0586 e. The lowest BCUT2D eigenvalue weighted by atomic mass is 10.1. The predicted octanol–water partition coefficient (Wildman–Crippen LogP) is 3.76. The minimum Gasteiger partial charge on any atom is -0.258 e. The van der Waals surface area contributed by atoms with Crippen molar-refractivity contribution in [3.8, 4) is 0 Å². The highest BCUT2D eigenvalue weighted by Crippen LogP contribution is 2.06. The van der Waals surface area contributed by atoms with Crippen molar-refractivity contribution >= 4 is 0 Å². The fourth-order valence-electron chi connectivity index (χ4n) is 1.66. The van der Waals surface area contributed by atoms with Crippen molar-refractivity contribution in [3.05, 3.63) is 30.7 Å². The summed E-state index contributed by atoms with van der Waals surface area (Å²) in [5, 5.41) is 0. The molecule has 0 atom stereocenters. The lowest BCUT2D eigenvalue weighted by molar-refractivity contribution is 0.674. The predicted molar refractivity (Wildman–Crippen MR) is 68.2 cm³/mol. The van der Waals surface area contributed by atoms with E-state index in [0.717, 1.165) is 30.7 Å². The van der Waals surface area contributed by atoms with E-state index in [2.05, 4.69) is 23.8 Å². The van der Waals surface area contributed by atoms with Gasteiger partial charge in [0.05, 0.1) is 11.4 Å². The van der Waals surface area contributed by atoms with Gasteiger partial charge in [0, 0.05) is 12.4 Å². The lowest BCUT2D eigenvalue weighted by Gasteiger charge is -2.02. The van der Waals surface area contributed by atoms with E-state index in [0.29, 0.717) is 0 Å². The van der Waals surface area contributed by atoms with Gasteiger partial charge in [0.15, 0.2) is 0 Å². The molecule has 0 aliphatic carbocycles. The van der Waals surface area contributed by atoms with Crippen LogP contribution in [0.4, 0.5) is 0 Å². The van der Waals surface area contributed by atoms with Crippen molar-refractivity contribution in [2.45, 2.75) is 58.3 Å². The van der Waals surface area contributed by atoms with E-state index < -0.39 is 0 Å². The summed E-state index contributed by atoms with van der Waals surface area (Å²) < 4.78 is 0. The fourth-order valence-corrected chi connectivity index (χ4v) is 1.66. The first-order valence-electron chi connectivity index (χ1n) is 6.46. The molecule has 0 amide bonds. The first kappa shape index (κ1) is 13.1. The van der Waals surface area contributed by atoms with E-state index in [4.69, 9.17) is 0 Å². The normalized spacial score (nSPS) is 10.6. The van der Waals surface area contributed by atoms with Crippen molar-refractivity contribution in [2.75, 3.05) is 0 Å². The first-order chi connectivity index (χ1) is 7.86. The lowest BCUT2D eigenvalue weighted by Crippen LogP contribution is -1.96. The van der Waals surface area contributed by atoms with Gasteiger partial charge in [-0.3, -0.25) is 9.97 Å². The average molecular weight is 219 g/mol. The molecule has 1 aromatic heterocycles. The Labute approximate surface area is 99.5 Å². The summed E-state index contributed by atoms with van der Waals surface area (Å²) in [4.78, 5) is 8.89. The van der Waals surface area contributed by atoms with Gasteiger partial charge in [0.25, 0.3) is 0 Å². The summed E-state index contributed by atoms with van der Waals surface area (Å²) >= 11 is 0. The molecule has 1 radical (unpaired) electrons. The van der Waals surface area contributed by atoms with Crippen LogP contribution in [0.15, 0.2) is 12.4 Å². The molecule has 0 unspecified atom stereocenters. The molecule has 0 fully saturated rings. The van der Waals surface area contributed by atoms with Crippen LogP contribution in [0.5, 0.6) is 0 Å². The molecule has 0 spiro atoms. The molecule has 1 rings (SSSR count). The number of hydrogen-bond acceptors (Lipinski definition) is 2. The summed E-state index contributed by atoms with van der Waals surface area (Å²) in [5.74, 6) is 0. The highest BCUT2D eigenvalue weighted by molar-refractivity contribution is 5.02. The summed E-state index contributed by atoms with van der Waals surface area (Å²) in [5.41, 5.74) is 2.26. The molecular formula is C14H23N2. The monoisotopic (exact) mass is 219 g/mol. The van der Waals surface area contributed by atoms with Crippen LogP contribution in [0.2, 0.25) is 0 Å². The second-order valence-electron chi connectivity index (χ2n) is 4.27. The maximum atomic E-state index is 4.45. The molecule has 2 nitrogen and oxygen atoms in total. The van der Waals surface area contributed by atoms with Gasteiger partial charge in [-0.2, -0.15) is 0 Å². The van der Waals surface area contributed by atoms with Crippen LogP contribution in [0.3, 0.4) is 0 Å². The summed E-state index contributed by atoms with van der Waals surface area (Å²) in [7, 11) is 0. The van der Waals surface area contributed by atoms with E-state index in [1.807, 2.05) is 12.4 Å². The second kappa shape index (κ2) is 8.26. The molecule has 0 N–H and O–H groups in total. The van der Waals surface area contributed by atoms with E-state index in [1.54, 1.807) is 0 Å². The van der Waals surface area contributed by atoms with Crippen LogP contribution in [0, 0.1) is 6.92 Å². The molecule has 0 aromatic carbocycles. The van der Waals surface area contributed by atoms with Gasteiger partial charge in [-0.05, 0) is 25.7 Å². The molecule has 0 saturated carbocycles. The Morgan fingerprint density at radius 1 is 0.938 bits per heavy atom. The molecule has 16 heavy (non-hydrogen) atoms. The molecule has 0 aliphatic rings. The maximum Gasteiger partial charge on any atom is 0.0586 e. The SMILES string of the molecule is [CH2]CCCCCc1cnc(CCCC)cn1. The highest BCUT2D eigenvalue weighted by atomic mass is 14.8. The van der Waals surface area contributed by atoms with E-state index in [-0.39, 0.29) is 0 Å². The Bertz CT molecular complexity index is 267. The first-order valence-corrected chi connectivity index (χ1v) is 6.46. The van der Waals surface area contributed by atoms with Crippen LogP contribution < -0.4 is 0 Å². The second-order valence-corrected chi connectivity index (χ2v) is 4.27. The summed E-state index contributed by atoms with van der Waals surface area (Å²) in [6.07, 6.45) is 13.1. The van der Waals surface area contributed by atoms with Crippen LogP contribution in [0.1, 0.15) is 56.8 Å². The van der Waals surface area contributed by atoms with Crippen LogP contribution in [-0.4, -0.2) is 9.97 Å². The summed E-state index contributed by atoms with van der Waals surface area (Å²) in [6.45, 7) is 6.04. The van der Waals surface area contributed by atoms with E-state index in [1.165, 1.54) is 32.1 Å². The molecule has 0 aliphatic heterocycles. The van der Waals surface area contributed by atoms with Crippen molar-refractivity contribution in [1.29, 1.82) is 0 Å². The van der Waals surface area contributed by atoms with Crippen molar-refractivity contribution in [1.82, 2.24) is 9.97 Å². The van der Waals surface area contributed by atoms with Crippen molar-refractivity contribution in [3.63, 3.8) is 0 Å². The fraction of sp³-hybridized carbons (Fsp3) is 0.643. The van der Waals surface area contributed by atoms with E-state index in [9.17, 15) is 0 Å². The minimum absolute atomic E-state index is 1.04. The van der Waals surface area contributed by atoms with Gasteiger partial charge in [-0.25, -0.2) is 0 Å². The zero-order chi connectivity index (χ0) is 11.6. The maximum absolute atomic E-state index is 4.45. The average Bonchev–Trinajstić information content (AvgIpc) is 2.33.